The van der Waals surface area contributed by atoms with Gasteiger partial charge in [0.2, 0.25) is 11.8 Å². The topological polar surface area (TPSA) is 244 Å². The number of azo groups is 2. The number of rotatable bonds is 14. The molecule has 0 bridgehead atoms. The number of hydrogen-bond acceptors (Lipinski definition) is 10. The van der Waals surface area contributed by atoms with Gasteiger partial charge in [0.05, 0.1) is 11.4 Å². The van der Waals surface area contributed by atoms with E-state index in [1.54, 1.807) is 13.8 Å². The van der Waals surface area contributed by atoms with Crippen LogP contribution in [0.1, 0.15) is 98.6 Å². The van der Waals surface area contributed by atoms with E-state index in [1.807, 2.05) is 74.5 Å². The second-order valence-corrected chi connectivity index (χ2v) is 12.7. The van der Waals surface area contributed by atoms with Gasteiger partial charge in [-0.05, 0) is 64.8 Å². The average Bonchev–Trinajstić information content (AvgIpc) is 3.13. The summed E-state index contributed by atoms with van der Waals surface area (Å²) >= 11 is 0. The van der Waals surface area contributed by atoms with Gasteiger partial charge in [-0.3, -0.25) is 18.7 Å². The first-order valence-corrected chi connectivity index (χ1v) is 17.7. The minimum absolute atomic E-state index is 0. The van der Waals surface area contributed by atoms with Gasteiger partial charge in [0, 0.05) is 41.3 Å². The normalized spacial score (nSPS) is 10.4. The van der Waals surface area contributed by atoms with Crippen LogP contribution in [0, 0.1) is 50.4 Å². The van der Waals surface area contributed by atoms with Crippen LogP contribution in [0.2, 0.25) is 0 Å². The fourth-order valence-corrected chi connectivity index (χ4v) is 5.36. The third-order valence-corrected chi connectivity index (χ3v) is 8.61. The molecule has 15 heteroatoms. The molecule has 0 aliphatic rings. The summed E-state index contributed by atoms with van der Waals surface area (Å²) in [6, 6.07) is 18.8. The van der Waals surface area contributed by atoms with E-state index in [0.29, 0.717) is 35.6 Å². The van der Waals surface area contributed by atoms with Crippen LogP contribution in [0.25, 0.3) is 0 Å². The standard InChI is InChI=1S/2C20H24N4O2.Cu.2H2O/c2*1-4-5-6-7-12-24-19(25)17(13-21)15(3)18(20(24)26)23-22-16-10-8-14(2)9-11-16;;;/h2*8-11,26H,4-7,12H2,1-3H3;;2*1H2. The molecule has 0 aliphatic heterocycles. The quantitative estimate of drug-likeness (QED) is 0.0719. The molecule has 0 atom stereocenters. The number of aromatic hydroxyl groups is 2. The molecule has 0 saturated carbocycles. The van der Waals surface area contributed by atoms with E-state index in [9.17, 15) is 30.3 Å². The van der Waals surface area contributed by atoms with Gasteiger partial charge < -0.3 is 21.2 Å². The molecule has 2 heterocycles. The SMILES string of the molecule is CCCCCCn1c(O)c(N=Nc2ccc(C)cc2)c(C)c(C#N)c1=O.CCCCCCn1c(O)c(N=Nc2ccc(C)cc2)c(C)c(C#N)c1=O.O.O.[Cu]. The summed E-state index contributed by atoms with van der Waals surface area (Å²) in [5.74, 6) is -0.474. The van der Waals surface area contributed by atoms with Crippen molar-refractivity contribution in [2.75, 3.05) is 0 Å². The number of aryl methyl sites for hydroxylation is 2. The molecule has 0 amide bonds. The Morgan fingerprint density at radius 3 is 1.18 bits per heavy atom. The van der Waals surface area contributed by atoms with Crippen LogP contribution in [0.5, 0.6) is 11.8 Å². The Hall–Kier alpha value is -5.44. The summed E-state index contributed by atoms with van der Waals surface area (Å²) in [6.45, 7) is 12.1. The average molecular weight is 804 g/mol. The van der Waals surface area contributed by atoms with Crippen LogP contribution in [0.3, 0.4) is 0 Å². The molecular formula is C40H52CuN8O6. The first kappa shape index (κ1) is 49.6. The molecule has 0 fully saturated rings. The fraction of sp³-hybridized carbons (Fsp3) is 0.400. The monoisotopic (exact) mass is 803 g/mol. The zero-order valence-corrected chi connectivity index (χ0v) is 33.2. The minimum Gasteiger partial charge on any atom is -0.493 e. The van der Waals surface area contributed by atoms with Gasteiger partial charge in [-0.25, -0.2) is 0 Å². The van der Waals surface area contributed by atoms with Gasteiger partial charge in [0.25, 0.3) is 11.1 Å². The zero-order valence-electron chi connectivity index (χ0n) is 32.3. The van der Waals surface area contributed by atoms with Crippen molar-refractivity contribution < 1.29 is 38.2 Å². The van der Waals surface area contributed by atoms with Crippen molar-refractivity contribution in [2.45, 2.75) is 106 Å². The molecule has 4 aromatic rings. The number of pyridine rings is 2. The number of hydrogen-bond donors (Lipinski definition) is 2. The van der Waals surface area contributed by atoms with Crippen LogP contribution < -0.4 is 11.1 Å². The van der Waals surface area contributed by atoms with Crippen molar-refractivity contribution in [3.63, 3.8) is 0 Å². The maximum Gasteiger partial charge on any atom is 0.271 e. The second kappa shape index (κ2) is 24.8. The largest absolute Gasteiger partial charge is 0.493 e. The number of nitriles is 2. The van der Waals surface area contributed by atoms with E-state index in [0.717, 1.165) is 62.5 Å². The number of aromatic nitrogens is 2. The maximum atomic E-state index is 12.5. The Kier molecular flexibility index (Phi) is 22.3. The molecule has 2 aromatic heterocycles. The van der Waals surface area contributed by atoms with Gasteiger partial charge in [-0.1, -0.05) is 87.8 Å². The van der Waals surface area contributed by atoms with Crippen molar-refractivity contribution >= 4 is 22.7 Å². The maximum absolute atomic E-state index is 12.5. The third-order valence-electron chi connectivity index (χ3n) is 8.61. The number of unbranched alkanes of at least 4 members (excludes halogenated alkanes) is 6. The Morgan fingerprint density at radius 2 is 0.891 bits per heavy atom. The molecule has 0 spiro atoms. The molecule has 6 N–H and O–H groups in total. The van der Waals surface area contributed by atoms with E-state index in [2.05, 4.69) is 34.3 Å². The molecule has 1 radical (unpaired) electrons. The zero-order chi connectivity index (χ0) is 38.2. The van der Waals surface area contributed by atoms with Gasteiger partial charge in [-0.2, -0.15) is 20.8 Å². The Bertz CT molecular complexity index is 1950. The predicted molar refractivity (Wildman–Crippen MR) is 210 cm³/mol. The summed E-state index contributed by atoms with van der Waals surface area (Å²) in [4.78, 5) is 25.0. The van der Waals surface area contributed by atoms with E-state index < -0.39 is 11.1 Å². The second-order valence-electron chi connectivity index (χ2n) is 12.7. The van der Waals surface area contributed by atoms with E-state index in [1.165, 1.54) is 9.13 Å². The van der Waals surface area contributed by atoms with Crippen molar-refractivity contribution in [1.29, 1.82) is 10.5 Å². The first-order chi connectivity index (χ1) is 25.0. The van der Waals surface area contributed by atoms with Gasteiger partial charge in [-0.15, -0.1) is 10.2 Å². The van der Waals surface area contributed by atoms with E-state index in [4.69, 9.17) is 0 Å². The van der Waals surface area contributed by atoms with Gasteiger partial charge in [0.15, 0.2) is 11.4 Å². The molecular weight excluding hydrogens is 752 g/mol. The van der Waals surface area contributed by atoms with Gasteiger partial charge >= 0.3 is 0 Å². The summed E-state index contributed by atoms with van der Waals surface area (Å²) in [5, 5.41) is 56.3. The Labute approximate surface area is 332 Å². The summed E-state index contributed by atoms with van der Waals surface area (Å²) in [5.41, 5.74) is 3.53. The summed E-state index contributed by atoms with van der Waals surface area (Å²) < 4.78 is 2.45. The molecule has 0 saturated heterocycles. The molecule has 299 valence electrons. The van der Waals surface area contributed by atoms with Crippen molar-refractivity contribution in [3.05, 3.63) is 103 Å². The Morgan fingerprint density at radius 1 is 0.564 bits per heavy atom. The van der Waals surface area contributed by atoms with Crippen molar-refractivity contribution in [2.24, 2.45) is 20.5 Å². The van der Waals surface area contributed by atoms with Crippen LogP contribution in [0.15, 0.2) is 78.6 Å². The molecule has 55 heavy (non-hydrogen) atoms. The first-order valence-electron chi connectivity index (χ1n) is 17.7. The molecule has 0 aliphatic carbocycles. The van der Waals surface area contributed by atoms with Crippen molar-refractivity contribution in [3.8, 4) is 23.9 Å². The summed E-state index contributed by atoms with van der Waals surface area (Å²) in [6.07, 6.45) is 7.70. The Balaban J connectivity index is 0.00000101. The third kappa shape index (κ3) is 13.4. The minimum atomic E-state index is -0.478. The molecule has 4 rings (SSSR count). The number of nitrogens with zero attached hydrogens (tertiary/aromatic N) is 8. The van der Waals surface area contributed by atoms with E-state index >= 15 is 0 Å². The van der Waals surface area contributed by atoms with E-state index in [-0.39, 0.29) is 62.3 Å². The predicted octanol–water partition coefficient (Wildman–Crippen LogP) is 8.42. The van der Waals surface area contributed by atoms with Crippen molar-refractivity contribution in [1.82, 2.24) is 9.13 Å². The molecule has 14 nitrogen and oxygen atoms in total. The van der Waals surface area contributed by atoms with Crippen LogP contribution in [0.4, 0.5) is 22.7 Å². The molecule has 0 unspecified atom stereocenters. The van der Waals surface area contributed by atoms with Crippen LogP contribution in [-0.4, -0.2) is 30.3 Å². The summed E-state index contributed by atoms with van der Waals surface area (Å²) in [7, 11) is 0. The fourth-order valence-electron chi connectivity index (χ4n) is 5.36. The number of benzene rings is 2. The van der Waals surface area contributed by atoms with Crippen LogP contribution in [-0.2, 0) is 30.2 Å². The molecule has 2 aromatic carbocycles. The smallest absolute Gasteiger partial charge is 0.271 e. The van der Waals surface area contributed by atoms with Gasteiger partial charge in [0.1, 0.15) is 23.3 Å². The van der Waals surface area contributed by atoms with Crippen LogP contribution >= 0.6 is 0 Å².